The minimum Gasteiger partial charge on any atom is -0.496 e. The van der Waals surface area contributed by atoms with Crippen molar-refractivity contribution in [3.63, 3.8) is 0 Å². The van der Waals surface area contributed by atoms with Gasteiger partial charge in [0.05, 0.1) is 12.7 Å². The van der Waals surface area contributed by atoms with Crippen LogP contribution in [-0.2, 0) is 6.54 Å². The predicted molar refractivity (Wildman–Crippen MR) is 117 cm³/mol. The molecule has 0 saturated carbocycles. The Hall–Kier alpha value is -3.61. The molecule has 0 radical (unpaired) electrons. The van der Waals surface area contributed by atoms with E-state index in [0.717, 1.165) is 11.6 Å². The van der Waals surface area contributed by atoms with Crippen molar-refractivity contribution in [2.24, 2.45) is 0 Å². The summed E-state index contributed by atoms with van der Waals surface area (Å²) in [7, 11) is 1.58. The van der Waals surface area contributed by atoms with Crippen LogP contribution in [0.1, 0.15) is 15.9 Å². The van der Waals surface area contributed by atoms with Crippen LogP contribution in [0.5, 0.6) is 5.75 Å². The molecule has 30 heavy (non-hydrogen) atoms. The first-order valence-corrected chi connectivity index (χ1v) is 10.0. The molecule has 1 aromatic heterocycles. The third-order valence-electron chi connectivity index (χ3n) is 5.20. The number of hydrogen-bond donors (Lipinski definition) is 1. The van der Waals surface area contributed by atoms with Crippen LogP contribution in [0.2, 0.25) is 0 Å². The standard InChI is InChI=1S/C23H25N5O2/c1-30-20-10-6-5-9-19(20)23(29)28-15-13-27(14-16-28)22-12-11-21(25-26-22)24-17-18-7-3-2-4-8-18/h2-12H,13-17H2,1H3,(H,24,25). The van der Waals surface area contributed by atoms with Crippen molar-refractivity contribution in [3.8, 4) is 5.75 Å². The van der Waals surface area contributed by atoms with Crippen molar-refractivity contribution in [2.75, 3.05) is 43.5 Å². The zero-order valence-electron chi connectivity index (χ0n) is 17.0. The Morgan fingerprint density at radius 2 is 1.67 bits per heavy atom. The van der Waals surface area contributed by atoms with Crippen LogP contribution in [0.15, 0.2) is 66.7 Å². The zero-order chi connectivity index (χ0) is 20.8. The van der Waals surface area contributed by atoms with E-state index in [4.69, 9.17) is 4.74 Å². The van der Waals surface area contributed by atoms with Crippen molar-refractivity contribution in [2.45, 2.75) is 6.54 Å². The summed E-state index contributed by atoms with van der Waals surface area (Å²) in [4.78, 5) is 16.9. The van der Waals surface area contributed by atoms with Gasteiger partial charge in [0.2, 0.25) is 0 Å². The van der Waals surface area contributed by atoms with Crippen molar-refractivity contribution in [3.05, 3.63) is 77.9 Å². The van der Waals surface area contributed by atoms with Gasteiger partial charge in [0.1, 0.15) is 11.6 Å². The summed E-state index contributed by atoms with van der Waals surface area (Å²) >= 11 is 0. The Labute approximate surface area is 176 Å². The van der Waals surface area contributed by atoms with E-state index in [1.807, 2.05) is 53.4 Å². The molecule has 0 atom stereocenters. The molecular formula is C23H25N5O2. The number of nitrogens with one attached hydrogen (secondary N) is 1. The SMILES string of the molecule is COc1ccccc1C(=O)N1CCN(c2ccc(NCc3ccccc3)nn2)CC1. The van der Waals surface area contributed by atoms with Crippen molar-refractivity contribution in [1.82, 2.24) is 15.1 Å². The first-order valence-electron chi connectivity index (χ1n) is 10.0. The number of piperazine rings is 1. The maximum Gasteiger partial charge on any atom is 0.257 e. The summed E-state index contributed by atoms with van der Waals surface area (Å²) in [6.07, 6.45) is 0. The van der Waals surface area contributed by atoms with E-state index < -0.39 is 0 Å². The van der Waals surface area contributed by atoms with E-state index in [1.54, 1.807) is 13.2 Å². The third kappa shape index (κ3) is 4.51. The lowest BCUT2D eigenvalue weighted by atomic mass is 10.1. The highest BCUT2D eigenvalue weighted by Gasteiger charge is 2.24. The second-order valence-corrected chi connectivity index (χ2v) is 7.10. The molecule has 7 nitrogen and oxygen atoms in total. The lowest BCUT2D eigenvalue weighted by Crippen LogP contribution is -2.49. The molecular weight excluding hydrogens is 378 g/mol. The molecule has 1 fully saturated rings. The maximum absolute atomic E-state index is 12.8. The first kappa shape index (κ1) is 19.7. The average molecular weight is 403 g/mol. The van der Waals surface area contributed by atoms with Gasteiger partial charge in [0, 0.05) is 32.7 Å². The van der Waals surface area contributed by atoms with Gasteiger partial charge in [0.15, 0.2) is 5.82 Å². The second kappa shape index (κ2) is 9.26. The van der Waals surface area contributed by atoms with Crippen LogP contribution in [-0.4, -0.2) is 54.3 Å². The summed E-state index contributed by atoms with van der Waals surface area (Å²) < 4.78 is 5.32. The number of nitrogens with zero attached hydrogens (tertiary/aromatic N) is 4. The van der Waals surface area contributed by atoms with E-state index in [0.29, 0.717) is 44.0 Å². The second-order valence-electron chi connectivity index (χ2n) is 7.10. The highest BCUT2D eigenvalue weighted by Crippen LogP contribution is 2.21. The van der Waals surface area contributed by atoms with E-state index in [1.165, 1.54) is 5.56 Å². The minimum atomic E-state index is -0.00126. The summed E-state index contributed by atoms with van der Waals surface area (Å²) in [5.41, 5.74) is 1.79. The Morgan fingerprint density at radius 1 is 0.933 bits per heavy atom. The van der Waals surface area contributed by atoms with Crippen LogP contribution in [0, 0.1) is 0 Å². The van der Waals surface area contributed by atoms with Gasteiger partial charge in [-0.1, -0.05) is 42.5 Å². The van der Waals surface area contributed by atoms with Crippen LogP contribution in [0.3, 0.4) is 0 Å². The Bertz CT molecular complexity index is 970. The third-order valence-corrected chi connectivity index (χ3v) is 5.20. The quantitative estimate of drug-likeness (QED) is 0.682. The van der Waals surface area contributed by atoms with Crippen molar-refractivity contribution < 1.29 is 9.53 Å². The van der Waals surface area contributed by atoms with Gasteiger partial charge in [-0.3, -0.25) is 4.79 Å². The highest BCUT2D eigenvalue weighted by molar-refractivity contribution is 5.97. The normalized spacial score (nSPS) is 13.8. The van der Waals surface area contributed by atoms with E-state index in [9.17, 15) is 4.79 Å². The lowest BCUT2D eigenvalue weighted by molar-refractivity contribution is 0.0743. The number of ether oxygens (including phenoxy) is 1. The zero-order valence-corrected chi connectivity index (χ0v) is 17.0. The topological polar surface area (TPSA) is 70.6 Å². The smallest absolute Gasteiger partial charge is 0.257 e. The van der Waals surface area contributed by atoms with Gasteiger partial charge >= 0.3 is 0 Å². The molecule has 2 heterocycles. The highest BCUT2D eigenvalue weighted by atomic mass is 16.5. The Balaban J connectivity index is 1.32. The number of rotatable bonds is 6. The molecule has 0 aliphatic carbocycles. The summed E-state index contributed by atoms with van der Waals surface area (Å²) in [6, 6.07) is 21.4. The first-order chi connectivity index (χ1) is 14.7. The van der Waals surface area contributed by atoms with E-state index >= 15 is 0 Å². The molecule has 1 aliphatic rings. The molecule has 1 saturated heterocycles. The molecule has 0 bridgehead atoms. The summed E-state index contributed by atoms with van der Waals surface area (Å²) in [5, 5.41) is 11.9. The van der Waals surface area contributed by atoms with E-state index in [-0.39, 0.29) is 5.91 Å². The predicted octanol–water partition coefficient (Wildman–Crippen LogP) is 3.06. The molecule has 7 heteroatoms. The van der Waals surface area contributed by atoms with Gasteiger partial charge in [-0.25, -0.2) is 0 Å². The number of carbonyl (C=O) groups excluding carboxylic acids is 1. The molecule has 1 N–H and O–H groups in total. The molecule has 1 amide bonds. The number of methoxy groups -OCH3 is 1. The molecule has 3 aromatic rings. The monoisotopic (exact) mass is 403 g/mol. The maximum atomic E-state index is 12.8. The van der Waals surface area contributed by atoms with Gasteiger partial charge in [-0.2, -0.15) is 0 Å². The van der Waals surface area contributed by atoms with Crippen LogP contribution in [0.4, 0.5) is 11.6 Å². The fourth-order valence-corrected chi connectivity index (χ4v) is 3.51. The number of hydrogen-bond acceptors (Lipinski definition) is 6. The largest absolute Gasteiger partial charge is 0.496 e. The van der Waals surface area contributed by atoms with Gasteiger partial charge in [-0.15, -0.1) is 10.2 Å². The minimum absolute atomic E-state index is 0.00126. The molecule has 0 spiro atoms. The molecule has 0 unspecified atom stereocenters. The lowest BCUT2D eigenvalue weighted by Gasteiger charge is -2.35. The Kier molecular flexibility index (Phi) is 6.08. The Morgan fingerprint density at radius 3 is 2.37 bits per heavy atom. The average Bonchev–Trinajstić information content (AvgIpc) is 2.83. The van der Waals surface area contributed by atoms with Crippen LogP contribution >= 0.6 is 0 Å². The molecule has 154 valence electrons. The van der Waals surface area contributed by atoms with Gasteiger partial charge in [0.25, 0.3) is 5.91 Å². The fraction of sp³-hybridized carbons (Fsp3) is 0.261. The number of carbonyl (C=O) groups is 1. The van der Waals surface area contributed by atoms with Crippen molar-refractivity contribution in [1.29, 1.82) is 0 Å². The summed E-state index contributed by atoms with van der Waals surface area (Å²) in [5.74, 6) is 2.17. The summed E-state index contributed by atoms with van der Waals surface area (Å²) in [6.45, 7) is 3.40. The molecule has 2 aromatic carbocycles. The van der Waals surface area contributed by atoms with Crippen LogP contribution < -0.4 is 15.0 Å². The van der Waals surface area contributed by atoms with E-state index in [2.05, 4.69) is 32.5 Å². The molecule has 1 aliphatic heterocycles. The van der Waals surface area contributed by atoms with Crippen LogP contribution in [0.25, 0.3) is 0 Å². The number of anilines is 2. The number of aromatic nitrogens is 2. The van der Waals surface area contributed by atoms with Gasteiger partial charge < -0.3 is 19.9 Å². The fourth-order valence-electron chi connectivity index (χ4n) is 3.51. The number of benzene rings is 2. The molecule has 4 rings (SSSR count). The van der Waals surface area contributed by atoms with Crippen molar-refractivity contribution >= 4 is 17.5 Å². The number of para-hydroxylation sites is 1. The number of amides is 1. The van der Waals surface area contributed by atoms with Gasteiger partial charge in [-0.05, 0) is 29.8 Å².